The number of anilines is 1. The van der Waals surface area contributed by atoms with Crippen molar-refractivity contribution in [1.29, 1.82) is 5.26 Å². The number of hydrogen-bond donors (Lipinski definition) is 2. The van der Waals surface area contributed by atoms with Crippen LogP contribution in [0, 0.1) is 11.3 Å². The first-order valence-corrected chi connectivity index (χ1v) is 3.45. The number of nitrogen functional groups attached to an aromatic ring is 1. The van der Waals surface area contributed by atoms with Crippen LogP contribution in [-0.2, 0) is 0 Å². The van der Waals surface area contributed by atoms with Gasteiger partial charge in [0.15, 0.2) is 5.82 Å². The van der Waals surface area contributed by atoms with Gasteiger partial charge in [0.25, 0.3) is 0 Å². The molecule has 1 heterocycles. The first-order valence-electron chi connectivity index (χ1n) is 3.45. The van der Waals surface area contributed by atoms with E-state index in [0.717, 1.165) is 5.39 Å². The Morgan fingerprint density at radius 1 is 1.50 bits per heavy atom. The maximum Gasteiger partial charge on any atom is 0.153 e. The molecule has 0 unspecified atom stereocenters. The largest absolute Gasteiger partial charge is 0.382 e. The van der Waals surface area contributed by atoms with Crippen molar-refractivity contribution in [1.82, 2.24) is 10.2 Å². The Bertz CT molecular complexity index is 463. The van der Waals surface area contributed by atoms with Gasteiger partial charge >= 0.3 is 0 Å². The summed E-state index contributed by atoms with van der Waals surface area (Å²) in [4.78, 5) is 0. The second-order valence-corrected chi connectivity index (χ2v) is 2.45. The molecule has 3 N–H and O–H groups in total. The van der Waals surface area contributed by atoms with Crippen molar-refractivity contribution in [2.24, 2.45) is 0 Å². The van der Waals surface area contributed by atoms with E-state index in [1.165, 1.54) is 0 Å². The van der Waals surface area contributed by atoms with Gasteiger partial charge in [-0.15, -0.1) is 0 Å². The Labute approximate surface area is 68.6 Å². The molecule has 0 atom stereocenters. The molecular formula is C8H6N4. The quantitative estimate of drug-likeness (QED) is 0.600. The molecule has 0 aliphatic rings. The summed E-state index contributed by atoms with van der Waals surface area (Å²) in [5.74, 6) is 0.433. The van der Waals surface area contributed by atoms with E-state index in [-0.39, 0.29) is 0 Å². The summed E-state index contributed by atoms with van der Waals surface area (Å²) < 4.78 is 0. The average molecular weight is 158 g/mol. The van der Waals surface area contributed by atoms with Crippen molar-refractivity contribution < 1.29 is 0 Å². The van der Waals surface area contributed by atoms with Gasteiger partial charge < -0.3 is 5.73 Å². The van der Waals surface area contributed by atoms with Gasteiger partial charge in [0, 0.05) is 5.39 Å². The minimum Gasteiger partial charge on any atom is -0.382 e. The maximum atomic E-state index is 8.71. The van der Waals surface area contributed by atoms with E-state index in [4.69, 9.17) is 11.0 Å². The van der Waals surface area contributed by atoms with E-state index in [9.17, 15) is 0 Å². The van der Waals surface area contributed by atoms with Gasteiger partial charge in [0.1, 0.15) is 6.07 Å². The highest BCUT2D eigenvalue weighted by Crippen LogP contribution is 2.19. The lowest BCUT2D eigenvalue weighted by molar-refractivity contribution is 1.12. The van der Waals surface area contributed by atoms with Crippen LogP contribution >= 0.6 is 0 Å². The predicted octanol–water partition coefficient (Wildman–Crippen LogP) is 1.02. The molecule has 12 heavy (non-hydrogen) atoms. The average Bonchev–Trinajstić information content (AvgIpc) is 2.48. The van der Waals surface area contributed by atoms with Crippen LogP contribution in [-0.4, -0.2) is 10.2 Å². The molecule has 2 aromatic rings. The Kier molecular flexibility index (Phi) is 1.25. The summed E-state index contributed by atoms with van der Waals surface area (Å²) in [6.45, 7) is 0. The summed E-state index contributed by atoms with van der Waals surface area (Å²) in [6, 6.07) is 7.39. The van der Waals surface area contributed by atoms with Gasteiger partial charge in [-0.05, 0) is 12.1 Å². The van der Waals surface area contributed by atoms with Gasteiger partial charge in [-0.25, -0.2) is 0 Å². The lowest BCUT2D eigenvalue weighted by Gasteiger charge is -1.90. The van der Waals surface area contributed by atoms with Crippen LogP contribution in [0.25, 0.3) is 10.9 Å². The van der Waals surface area contributed by atoms with Crippen LogP contribution in [0.5, 0.6) is 0 Å². The normalized spacial score (nSPS) is 9.92. The molecule has 1 aromatic carbocycles. The molecule has 1 aromatic heterocycles. The van der Waals surface area contributed by atoms with Crippen molar-refractivity contribution in [3.8, 4) is 6.07 Å². The highest BCUT2D eigenvalue weighted by molar-refractivity contribution is 5.92. The van der Waals surface area contributed by atoms with Crippen LogP contribution in [0.15, 0.2) is 18.2 Å². The molecule has 4 nitrogen and oxygen atoms in total. The number of nitrogens with one attached hydrogen (secondary N) is 1. The molecule has 0 radical (unpaired) electrons. The highest BCUT2D eigenvalue weighted by Gasteiger charge is 2.04. The molecular weight excluding hydrogens is 152 g/mol. The molecule has 0 aliphatic heterocycles. The maximum absolute atomic E-state index is 8.71. The molecule has 2 rings (SSSR count). The van der Waals surface area contributed by atoms with Gasteiger partial charge in [0.2, 0.25) is 0 Å². The van der Waals surface area contributed by atoms with Gasteiger partial charge in [-0.3, -0.25) is 5.10 Å². The monoisotopic (exact) mass is 158 g/mol. The van der Waals surface area contributed by atoms with Crippen LogP contribution in [0.1, 0.15) is 5.56 Å². The minimum absolute atomic E-state index is 0.433. The molecule has 0 spiro atoms. The van der Waals surface area contributed by atoms with Crippen molar-refractivity contribution in [3.05, 3.63) is 23.8 Å². The first kappa shape index (κ1) is 6.68. The van der Waals surface area contributed by atoms with Crippen molar-refractivity contribution in [2.75, 3.05) is 5.73 Å². The van der Waals surface area contributed by atoms with Gasteiger partial charge in [-0.2, -0.15) is 10.4 Å². The lowest BCUT2D eigenvalue weighted by Crippen LogP contribution is -1.83. The number of fused-ring (bicyclic) bond motifs is 1. The van der Waals surface area contributed by atoms with E-state index in [0.29, 0.717) is 16.9 Å². The van der Waals surface area contributed by atoms with E-state index in [1.807, 2.05) is 6.07 Å². The standard InChI is InChI=1S/C8H6N4/c9-4-5-2-1-3-6-7(5)11-12-8(6)10/h1-3H,(H3,10,11,12). The number of nitrogens with zero attached hydrogens (tertiary/aromatic N) is 2. The number of H-pyrrole nitrogens is 1. The van der Waals surface area contributed by atoms with Crippen molar-refractivity contribution in [2.45, 2.75) is 0 Å². The smallest absolute Gasteiger partial charge is 0.153 e. The van der Waals surface area contributed by atoms with Crippen molar-refractivity contribution in [3.63, 3.8) is 0 Å². The second-order valence-electron chi connectivity index (χ2n) is 2.45. The van der Waals surface area contributed by atoms with Crippen LogP contribution in [0.4, 0.5) is 5.82 Å². The Balaban J connectivity index is 2.92. The number of aromatic amines is 1. The summed E-state index contributed by atoms with van der Waals surface area (Å²) >= 11 is 0. The number of nitrogens with two attached hydrogens (primary N) is 1. The Morgan fingerprint density at radius 3 is 3.08 bits per heavy atom. The van der Waals surface area contributed by atoms with E-state index in [1.54, 1.807) is 12.1 Å². The third-order valence-electron chi connectivity index (χ3n) is 1.75. The number of para-hydroxylation sites is 1. The molecule has 58 valence electrons. The zero-order valence-electron chi connectivity index (χ0n) is 6.20. The van der Waals surface area contributed by atoms with Gasteiger partial charge in [-0.1, -0.05) is 6.07 Å². The van der Waals surface area contributed by atoms with E-state index in [2.05, 4.69) is 16.3 Å². The van der Waals surface area contributed by atoms with Crippen molar-refractivity contribution >= 4 is 16.7 Å². The van der Waals surface area contributed by atoms with Crippen LogP contribution in [0.3, 0.4) is 0 Å². The topological polar surface area (TPSA) is 78.5 Å². The number of rotatable bonds is 0. The lowest BCUT2D eigenvalue weighted by atomic mass is 10.1. The summed E-state index contributed by atoms with van der Waals surface area (Å²) in [7, 11) is 0. The third-order valence-corrected chi connectivity index (χ3v) is 1.75. The zero-order chi connectivity index (χ0) is 8.55. The summed E-state index contributed by atoms with van der Waals surface area (Å²) in [6.07, 6.45) is 0. The second kappa shape index (κ2) is 2.24. The molecule has 0 aliphatic carbocycles. The SMILES string of the molecule is N#Cc1cccc2c(N)n[nH]c12. The molecule has 0 amide bonds. The predicted molar refractivity (Wildman–Crippen MR) is 45.2 cm³/mol. The first-order chi connectivity index (χ1) is 5.83. The number of hydrogen-bond acceptors (Lipinski definition) is 3. The molecule has 0 saturated carbocycles. The highest BCUT2D eigenvalue weighted by atomic mass is 15.1. The molecule has 0 bridgehead atoms. The Hall–Kier alpha value is -2.02. The molecule has 0 fully saturated rings. The third kappa shape index (κ3) is 0.736. The number of benzene rings is 1. The fraction of sp³-hybridized carbons (Fsp3) is 0. The summed E-state index contributed by atoms with van der Waals surface area (Å²) in [5.41, 5.74) is 6.82. The number of nitriles is 1. The fourth-order valence-corrected chi connectivity index (χ4v) is 1.16. The minimum atomic E-state index is 0.433. The van der Waals surface area contributed by atoms with E-state index >= 15 is 0 Å². The zero-order valence-corrected chi connectivity index (χ0v) is 6.20. The molecule has 4 heteroatoms. The van der Waals surface area contributed by atoms with E-state index < -0.39 is 0 Å². The van der Waals surface area contributed by atoms with Crippen LogP contribution in [0.2, 0.25) is 0 Å². The fourth-order valence-electron chi connectivity index (χ4n) is 1.16. The number of aromatic nitrogens is 2. The van der Waals surface area contributed by atoms with Crippen LogP contribution < -0.4 is 5.73 Å². The molecule has 0 saturated heterocycles. The summed E-state index contributed by atoms with van der Waals surface area (Å²) in [5, 5.41) is 16.0. The Morgan fingerprint density at radius 2 is 2.33 bits per heavy atom. The van der Waals surface area contributed by atoms with Gasteiger partial charge in [0.05, 0.1) is 11.1 Å².